The monoisotopic (exact) mass is 446 g/mol. The molecule has 5 rings (SSSR count). The third-order valence-corrected chi connectivity index (χ3v) is 5.69. The molecule has 0 saturated carbocycles. The molecule has 10 heteroatoms. The van der Waals surface area contributed by atoms with Crippen molar-refractivity contribution in [3.05, 3.63) is 57.9 Å². The molecule has 2 aromatic heterocycles. The van der Waals surface area contributed by atoms with E-state index in [4.69, 9.17) is 32.7 Å². The van der Waals surface area contributed by atoms with Crippen molar-refractivity contribution in [1.82, 2.24) is 14.6 Å². The molecular weight excluding hydrogens is 435 g/mol. The van der Waals surface area contributed by atoms with Crippen molar-refractivity contribution in [2.24, 2.45) is 0 Å². The van der Waals surface area contributed by atoms with Crippen LogP contribution < -0.4 is 14.8 Å². The van der Waals surface area contributed by atoms with Crippen molar-refractivity contribution < 1.29 is 14.3 Å². The predicted octanol–water partition coefficient (Wildman–Crippen LogP) is 4.54. The van der Waals surface area contributed by atoms with Gasteiger partial charge in [0.15, 0.2) is 11.5 Å². The molecule has 3 heterocycles. The van der Waals surface area contributed by atoms with Crippen LogP contribution in [-0.2, 0) is 4.79 Å². The Bertz CT molecular complexity index is 1240. The highest BCUT2D eigenvalue weighted by Crippen LogP contribution is 2.33. The summed E-state index contributed by atoms with van der Waals surface area (Å²) in [5.74, 6) is 0.929. The lowest BCUT2D eigenvalue weighted by atomic mass is 10.2. The Morgan fingerprint density at radius 3 is 2.86 bits per heavy atom. The fraction of sp³-hybridized carbons (Fsp3) is 0.105. The van der Waals surface area contributed by atoms with E-state index in [1.54, 1.807) is 28.8 Å². The predicted molar refractivity (Wildman–Crippen MR) is 111 cm³/mol. The minimum atomic E-state index is -0.795. The molecule has 2 aromatic carbocycles. The minimum Gasteiger partial charge on any atom is -0.485 e. The Balaban J connectivity index is 1.38. The van der Waals surface area contributed by atoms with E-state index in [1.165, 1.54) is 11.3 Å². The molecule has 0 spiro atoms. The van der Waals surface area contributed by atoms with E-state index in [0.717, 1.165) is 11.3 Å². The van der Waals surface area contributed by atoms with Gasteiger partial charge in [-0.05, 0) is 30.3 Å². The number of nitrogens with zero attached hydrogens (tertiary/aromatic N) is 3. The Morgan fingerprint density at radius 2 is 2.03 bits per heavy atom. The van der Waals surface area contributed by atoms with E-state index in [1.807, 2.05) is 23.6 Å². The summed E-state index contributed by atoms with van der Waals surface area (Å²) in [5, 5.41) is 10.0. The fourth-order valence-electron chi connectivity index (χ4n) is 2.96. The summed E-state index contributed by atoms with van der Waals surface area (Å²) in [6.45, 7) is 0.108. The smallest absolute Gasteiger partial charge is 0.271 e. The summed E-state index contributed by atoms with van der Waals surface area (Å²) in [5.41, 5.74) is 1.52. The number of halogens is 2. The van der Waals surface area contributed by atoms with E-state index in [0.29, 0.717) is 26.5 Å². The molecule has 7 nitrogen and oxygen atoms in total. The molecule has 146 valence electrons. The molecule has 1 amide bonds. The largest absolute Gasteiger partial charge is 0.485 e. The zero-order valence-corrected chi connectivity index (χ0v) is 17.0. The molecule has 1 unspecified atom stereocenters. The van der Waals surface area contributed by atoms with Crippen molar-refractivity contribution in [1.29, 1.82) is 0 Å². The number of carbonyl (C=O) groups is 1. The molecule has 0 saturated heterocycles. The average Bonchev–Trinajstić information content (AvgIpc) is 3.28. The molecule has 0 bridgehead atoms. The van der Waals surface area contributed by atoms with Gasteiger partial charge in [-0.15, -0.1) is 16.4 Å². The van der Waals surface area contributed by atoms with E-state index >= 15 is 0 Å². The lowest BCUT2D eigenvalue weighted by molar-refractivity contribution is -0.125. The maximum atomic E-state index is 12.6. The number of nitrogens with one attached hydrogen (secondary N) is 1. The van der Waals surface area contributed by atoms with E-state index in [9.17, 15) is 4.79 Å². The zero-order chi connectivity index (χ0) is 20.0. The summed E-state index contributed by atoms with van der Waals surface area (Å²) in [4.78, 5) is 17.6. The maximum absolute atomic E-state index is 12.6. The van der Waals surface area contributed by atoms with Gasteiger partial charge in [0.25, 0.3) is 11.9 Å². The number of carbonyl (C=O) groups excluding carboxylic acids is 1. The number of anilines is 1. The molecule has 0 aliphatic carbocycles. The third kappa shape index (κ3) is 3.39. The average molecular weight is 447 g/mol. The first kappa shape index (κ1) is 18.2. The summed E-state index contributed by atoms with van der Waals surface area (Å²) < 4.78 is 12.9. The summed E-state index contributed by atoms with van der Waals surface area (Å²) in [6.07, 6.45) is -0.795. The number of rotatable bonds is 3. The molecule has 29 heavy (non-hydrogen) atoms. The minimum absolute atomic E-state index is 0.108. The highest BCUT2D eigenvalue weighted by Gasteiger charge is 2.28. The Kier molecular flexibility index (Phi) is 4.54. The molecule has 1 atom stereocenters. The first-order valence-corrected chi connectivity index (χ1v) is 10.2. The highest BCUT2D eigenvalue weighted by molar-refractivity contribution is 7.15. The van der Waals surface area contributed by atoms with Gasteiger partial charge < -0.3 is 9.47 Å². The number of aromatic nitrogens is 3. The van der Waals surface area contributed by atoms with Gasteiger partial charge in [0.05, 0.1) is 10.7 Å². The van der Waals surface area contributed by atoms with Gasteiger partial charge in [-0.3, -0.25) is 10.1 Å². The number of fused-ring (bicyclic) bond motifs is 2. The first-order chi connectivity index (χ1) is 14.1. The van der Waals surface area contributed by atoms with Crippen LogP contribution in [0.4, 0.5) is 5.95 Å². The van der Waals surface area contributed by atoms with Crippen LogP contribution in [0.25, 0.3) is 16.2 Å². The molecule has 4 aromatic rings. The van der Waals surface area contributed by atoms with Crippen LogP contribution in [0, 0.1) is 0 Å². The van der Waals surface area contributed by atoms with Gasteiger partial charge in [0.2, 0.25) is 11.1 Å². The number of ether oxygens (including phenoxy) is 2. The van der Waals surface area contributed by atoms with Crippen molar-refractivity contribution >= 4 is 51.4 Å². The normalized spacial score (nSPS) is 15.4. The summed E-state index contributed by atoms with van der Waals surface area (Å²) in [7, 11) is 0. The van der Waals surface area contributed by atoms with Crippen LogP contribution in [-0.4, -0.2) is 33.2 Å². The zero-order valence-electron chi connectivity index (χ0n) is 14.6. The number of thiazole rings is 1. The van der Waals surface area contributed by atoms with Gasteiger partial charge >= 0.3 is 0 Å². The Labute approximate surface area is 178 Å². The summed E-state index contributed by atoms with van der Waals surface area (Å²) in [6, 6.07) is 12.4. The second-order valence-electron chi connectivity index (χ2n) is 6.23. The topological polar surface area (TPSA) is 77.8 Å². The standard InChI is InChI=1S/C19H12Cl2N4O3S/c20-10-5-6-11(12(21)7-10)13-9-29-19-23-18(24-25(13)19)22-17(26)16-8-27-14-3-1-2-4-15(14)28-16/h1-7,9,16H,8H2,(H,22,24,26). The van der Waals surface area contributed by atoms with Crippen LogP contribution in [0.3, 0.4) is 0 Å². The fourth-order valence-corrected chi connectivity index (χ4v) is 4.28. The number of benzene rings is 2. The Hall–Kier alpha value is -2.81. The lowest BCUT2D eigenvalue weighted by Crippen LogP contribution is -2.40. The molecule has 0 radical (unpaired) electrons. The van der Waals surface area contributed by atoms with Gasteiger partial charge in [0.1, 0.15) is 6.61 Å². The van der Waals surface area contributed by atoms with E-state index < -0.39 is 6.10 Å². The summed E-state index contributed by atoms with van der Waals surface area (Å²) >= 11 is 13.7. The SMILES string of the molecule is O=C(Nc1nc2scc(-c3ccc(Cl)cc3Cl)n2n1)C1COc2ccccc2O1. The van der Waals surface area contributed by atoms with Crippen molar-refractivity contribution in [3.8, 4) is 22.8 Å². The molecule has 1 aliphatic heterocycles. The quantitative estimate of drug-likeness (QED) is 0.499. The number of hydrogen-bond acceptors (Lipinski definition) is 6. The lowest BCUT2D eigenvalue weighted by Gasteiger charge is -2.25. The molecule has 0 fully saturated rings. The van der Waals surface area contributed by atoms with Crippen LogP contribution in [0.15, 0.2) is 47.8 Å². The molecule has 1 aliphatic rings. The van der Waals surface area contributed by atoms with Crippen LogP contribution in [0.1, 0.15) is 0 Å². The van der Waals surface area contributed by atoms with Gasteiger partial charge in [-0.1, -0.05) is 35.3 Å². The maximum Gasteiger partial charge on any atom is 0.271 e. The van der Waals surface area contributed by atoms with Gasteiger partial charge in [-0.2, -0.15) is 4.98 Å². The molecular formula is C19H12Cl2N4O3S. The number of hydrogen-bond donors (Lipinski definition) is 1. The second-order valence-corrected chi connectivity index (χ2v) is 7.91. The van der Waals surface area contributed by atoms with E-state index in [2.05, 4.69) is 15.4 Å². The first-order valence-electron chi connectivity index (χ1n) is 8.57. The number of amides is 1. The van der Waals surface area contributed by atoms with Gasteiger partial charge in [0, 0.05) is 16.0 Å². The number of para-hydroxylation sites is 2. The third-order valence-electron chi connectivity index (χ3n) is 4.32. The van der Waals surface area contributed by atoms with Crippen LogP contribution in [0.2, 0.25) is 10.0 Å². The van der Waals surface area contributed by atoms with Crippen LogP contribution in [0.5, 0.6) is 11.5 Å². The molecule has 1 N–H and O–H groups in total. The highest BCUT2D eigenvalue weighted by atomic mass is 35.5. The Morgan fingerprint density at radius 1 is 1.21 bits per heavy atom. The van der Waals surface area contributed by atoms with Crippen molar-refractivity contribution in [2.45, 2.75) is 6.10 Å². The van der Waals surface area contributed by atoms with E-state index in [-0.39, 0.29) is 18.5 Å². The van der Waals surface area contributed by atoms with Crippen LogP contribution >= 0.6 is 34.5 Å². The second kappa shape index (κ2) is 7.22. The van der Waals surface area contributed by atoms with Gasteiger partial charge in [-0.25, -0.2) is 4.52 Å². The van der Waals surface area contributed by atoms with Crippen molar-refractivity contribution in [2.75, 3.05) is 11.9 Å². The van der Waals surface area contributed by atoms with Crippen molar-refractivity contribution in [3.63, 3.8) is 0 Å².